The van der Waals surface area contributed by atoms with Gasteiger partial charge in [0.1, 0.15) is 0 Å². The molecule has 0 saturated carbocycles. The Bertz CT molecular complexity index is 324. The van der Waals surface area contributed by atoms with Gasteiger partial charge in [-0.05, 0) is 6.08 Å². The fourth-order valence-corrected chi connectivity index (χ4v) is 0.784. The van der Waals surface area contributed by atoms with Crippen molar-refractivity contribution in [1.82, 2.24) is 10.6 Å². The van der Waals surface area contributed by atoms with Gasteiger partial charge in [0.15, 0.2) is 6.80 Å². The number of nitrogens with one attached hydrogen (secondary N) is 2. The van der Waals surface area contributed by atoms with Gasteiger partial charge in [-0.25, -0.2) is 4.39 Å². The van der Waals surface area contributed by atoms with E-state index in [1.165, 1.54) is 0 Å². The van der Waals surface area contributed by atoms with Crippen LogP contribution in [0.5, 0.6) is 0 Å². The van der Waals surface area contributed by atoms with Gasteiger partial charge in [-0.2, -0.15) is 0 Å². The van der Waals surface area contributed by atoms with Crippen molar-refractivity contribution in [3.05, 3.63) is 24.8 Å². The zero-order valence-corrected chi connectivity index (χ0v) is 9.00. The van der Waals surface area contributed by atoms with E-state index in [0.29, 0.717) is 5.71 Å². The van der Waals surface area contributed by atoms with Gasteiger partial charge in [0.2, 0.25) is 0 Å². The molecule has 5 nitrogen and oxygen atoms in total. The highest BCUT2D eigenvalue weighted by molar-refractivity contribution is 6.35. The Balaban J connectivity index is 4.12. The average Bonchev–Trinajstić information content (AvgIpc) is 2.29. The number of halogens is 1. The van der Waals surface area contributed by atoms with Crippen molar-refractivity contribution < 1.29 is 14.0 Å². The molecule has 0 aromatic carbocycles. The van der Waals surface area contributed by atoms with E-state index in [-0.39, 0.29) is 6.54 Å². The minimum atomic E-state index is -1.07. The predicted molar refractivity (Wildman–Crippen MR) is 59.8 cm³/mol. The molecule has 0 fully saturated rings. The van der Waals surface area contributed by atoms with Crippen molar-refractivity contribution in [2.24, 2.45) is 4.99 Å². The number of hydrogen-bond acceptors (Lipinski definition) is 3. The fraction of sp³-hybridized carbons (Fsp3) is 0.300. The molecule has 0 atom stereocenters. The summed E-state index contributed by atoms with van der Waals surface area (Å²) in [5, 5.41) is 4.03. The zero-order chi connectivity index (χ0) is 12.4. The molecule has 16 heavy (non-hydrogen) atoms. The highest BCUT2D eigenvalue weighted by Gasteiger charge is 2.11. The van der Waals surface area contributed by atoms with E-state index < -0.39 is 18.6 Å². The minimum Gasteiger partial charge on any atom is -0.342 e. The first kappa shape index (κ1) is 14.0. The quantitative estimate of drug-likeness (QED) is 0.299. The Morgan fingerprint density at radius 3 is 2.50 bits per heavy atom. The highest BCUT2D eigenvalue weighted by Crippen LogP contribution is 1.82. The number of allylic oxidation sites excluding steroid dienone is 2. The third-order valence-corrected chi connectivity index (χ3v) is 1.58. The maximum Gasteiger partial charge on any atom is 0.311 e. The lowest BCUT2D eigenvalue weighted by atomic mass is 10.3. The van der Waals surface area contributed by atoms with Crippen molar-refractivity contribution in [3.63, 3.8) is 0 Å². The van der Waals surface area contributed by atoms with Crippen LogP contribution in [0.1, 0.15) is 0 Å². The van der Waals surface area contributed by atoms with E-state index in [1.807, 2.05) is 0 Å². The third kappa shape index (κ3) is 5.69. The predicted octanol–water partition coefficient (Wildman–Crippen LogP) is -0.0412. The summed E-state index contributed by atoms with van der Waals surface area (Å²) in [5.74, 6) is -1.91. The van der Waals surface area contributed by atoms with Gasteiger partial charge in [-0.15, -0.1) is 0 Å². The normalized spacial score (nSPS) is 11.2. The van der Waals surface area contributed by atoms with Crippen LogP contribution in [0.3, 0.4) is 0 Å². The molecule has 0 aromatic rings. The van der Waals surface area contributed by atoms with Crippen molar-refractivity contribution in [1.29, 1.82) is 0 Å². The molecule has 0 aliphatic rings. The summed E-state index contributed by atoms with van der Waals surface area (Å²) in [6.07, 6.45) is 4.85. The second-order valence-corrected chi connectivity index (χ2v) is 2.63. The molecule has 0 heterocycles. The highest BCUT2D eigenvalue weighted by atomic mass is 19.1. The van der Waals surface area contributed by atoms with Gasteiger partial charge in [-0.1, -0.05) is 18.7 Å². The Morgan fingerprint density at radius 2 is 2.00 bits per heavy atom. The van der Waals surface area contributed by atoms with Crippen LogP contribution in [0.15, 0.2) is 29.8 Å². The molecule has 0 rings (SSSR count). The topological polar surface area (TPSA) is 70.6 Å². The van der Waals surface area contributed by atoms with Gasteiger partial charge in [0.05, 0.1) is 12.3 Å². The van der Waals surface area contributed by atoms with Crippen molar-refractivity contribution >= 4 is 17.5 Å². The first-order chi connectivity index (χ1) is 7.65. The van der Waals surface area contributed by atoms with Gasteiger partial charge >= 0.3 is 11.8 Å². The Labute approximate surface area is 93.1 Å². The van der Waals surface area contributed by atoms with Gasteiger partial charge in [0.25, 0.3) is 0 Å². The lowest BCUT2D eigenvalue weighted by Gasteiger charge is -2.03. The standard InChI is InChI=1S/C10H14FN3O2/c1-3-4-5-8(12-2)6-13-9(15)10(16)14-7-11/h3-5H,1,6-7H2,2H3,(H,13,15)(H,14,16)/b5-4-,12-8?. The average molecular weight is 227 g/mol. The number of hydrogen-bond donors (Lipinski definition) is 2. The van der Waals surface area contributed by atoms with E-state index in [1.54, 1.807) is 30.6 Å². The summed E-state index contributed by atoms with van der Waals surface area (Å²) in [4.78, 5) is 25.7. The van der Waals surface area contributed by atoms with Crippen LogP contribution in [0.4, 0.5) is 4.39 Å². The van der Waals surface area contributed by atoms with Crippen LogP contribution in [-0.2, 0) is 9.59 Å². The molecular weight excluding hydrogens is 213 g/mol. The van der Waals surface area contributed by atoms with E-state index in [0.717, 1.165) is 0 Å². The van der Waals surface area contributed by atoms with E-state index in [9.17, 15) is 14.0 Å². The smallest absolute Gasteiger partial charge is 0.311 e. The largest absolute Gasteiger partial charge is 0.342 e. The molecule has 0 spiro atoms. The Morgan fingerprint density at radius 1 is 1.38 bits per heavy atom. The summed E-state index contributed by atoms with van der Waals surface area (Å²) in [5.41, 5.74) is 0.571. The molecule has 0 radical (unpaired) electrons. The van der Waals surface area contributed by atoms with Crippen LogP contribution in [0.25, 0.3) is 0 Å². The molecule has 2 amide bonds. The first-order valence-corrected chi connectivity index (χ1v) is 4.52. The van der Waals surface area contributed by atoms with Crippen molar-refractivity contribution in [2.45, 2.75) is 0 Å². The summed E-state index contributed by atoms with van der Waals surface area (Å²) in [6.45, 7) is 2.50. The Hall–Kier alpha value is -1.98. The van der Waals surface area contributed by atoms with Crippen LogP contribution < -0.4 is 10.6 Å². The maximum atomic E-state index is 11.7. The van der Waals surface area contributed by atoms with Gasteiger partial charge < -0.3 is 10.6 Å². The molecule has 0 saturated heterocycles. The minimum absolute atomic E-state index is 0.0966. The molecule has 0 aliphatic carbocycles. The molecule has 2 N–H and O–H groups in total. The van der Waals surface area contributed by atoms with Crippen molar-refractivity contribution in [3.8, 4) is 0 Å². The summed E-state index contributed by atoms with van der Waals surface area (Å²) in [6, 6.07) is 0. The number of alkyl halides is 1. The molecule has 0 bridgehead atoms. The number of aliphatic imine (C=N–C) groups is 1. The number of rotatable bonds is 5. The summed E-state index contributed by atoms with van der Waals surface area (Å²) < 4.78 is 11.7. The number of carbonyl (C=O) groups excluding carboxylic acids is 2. The second kappa shape index (κ2) is 8.34. The van der Waals surface area contributed by atoms with Gasteiger partial charge in [0, 0.05) is 7.05 Å². The van der Waals surface area contributed by atoms with Crippen LogP contribution >= 0.6 is 0 Å². The lowest BCUT2D eigenvalue weighted by Crippen LogP contribution is -2.41. The Kier molecular flexibility index (Phi) is 7.31. The molecular formula is C10H14FN3O2. The third-order valence-electron chi connectivity index (χ3n) is 1.58. The monoisotopic (exact) mass is 227 g/mol. The SMILES string of the molecule is C=C/C=C\C(CNC(=O)C(=O)NCF)=NC. The number of carbonyl (C=O) groups is 2. The first-order valence-electron chi connectivity index (χ1n) is 4.52. The molecule has 88 valence electrons. The van der Waals surface area contributed by atoms with Crippen LogP contribution in [0, 0.1) is 0 Å². The lowest BCUT2D eigenvalue weighted by molar-refractivity contribution is -0.139. The number of nitrogens with zero attached hydrogens (tertiary/aromatic N) is 1. The van der Waals surface area contributed by atoms with E-state index in [4.69, 9.17) is 0 Å². The van der Waals surface area contributed by atoms with Crippen LogP contribution in [0.2, 0.25) is 0 Å². The van der Waals surface area contributed by atoms with Crippen molar-refractivity contribution in [2.75, 3.05) is 20.4 Å². The molecule has 6 heteroatoms. The van der Waals surface area contributed by atoms with E-state index >= 15 is 0 Å². The van der Waals surface area contributed by atoms with Gasteiger partial charge in [-0.3, -0.25) is 14.6 Å². The second-order valence-electron chi connectivity index (χ2n) is 2.63. The summed E-state index contributed by atoms with van der Waals surface area (Å²) in [7, 11) is 1.55. The zero-order valence-electron chi connectivity index (χ0n) is 9.00. The summed E-state index contributed by atoms with van der Waals surface area (Å²) >= 11 is 0. The van der Waals surface area contributed by atoms with Crippen LogP contribution in [-0.4, -0.2) is 37.9 Å². The molecule has 0 aliphatic heterocycles. The maximum absolute atomic E-state index is 11.7. The molecule has 0 aromatic heterocycles. The molecule has 0 unspecified atom stereocenters. The number of amides is 2. The fourth-order valence-electron chi connectivity index (χ4n) is 0.784. The van der Waals surface area contributed by atoms with E-state index in [2.05, 4.69) is 16.9 Å².